The van der Waals surface area contributed by atoms with E-state index >= 15 is 0 Å². The summed E-state index contributed by atoms with van der Waals surface area (Å²) in [6.07, 6.45) is 5.42. The first-order chi connectivity index (χ1) is 11.3. The van der Waals surface area contributed by atoms with Crippen molar-refractivity contribution in [1.82, 2.24) is 15.6 Å². The van der Waals surface area contributed by atoms with Gasteiger partial charge in [-0.05, 0) is 43.4 Å². The Hall–Kier alpha value is -2.20. The largest absolute Gasteiger partial charge is 0.350 e. The van der Waals surface area contributed by atoms with Gasteiger partial charge >= 0.3 is 0 Å². The predicted octanol–water partition coefficient (Wildman–Crippen LogP) is 2.62. The Morgan fingerprint density at radius 3 is 2.70 bits per heavy atom. The van der Waals surface area contributed by atoms with Gasteiger partial charge in [0.1, 0.15) is 5.69 Å². The second-order valence-electron chi connectivity index (χ2n) is 6.58. The Morgan fingerprint density at radius 1 is 1.17 bits per heavy atom. The van der Waals surface area contributed by atoms with Crippen molar-refractivity contribution in [2.45, 2.75) is 24.8 Å². The number of pyridine rings is 1. The summed E-state index contributed by atoms with van der Waals surface area (Å²) in [7, 11) is 0. The van der Waals surface area contributed by atoms with Gasteiger partial charge in [0.15, 0.2) is 0 Å². The average Bonchev–Trinajstić information content (AvgIpc) is 3.27. The zero-order valence-corrected chi connectivity index (χ0v) is 13.1. The van der Waals surface area contributed by atoms with E-state index in [1.54, 1.807) is 12.3 Å². The molecular formula is C19H21N3O. The molecule has 1 aromatic heterocycles. The van der Waals surface area contributed by atoms with Gasteiger partial charge in [-0.1, -0.05) is 36.4 Å². The second-order valence-corrected chi connectivity index (χ2v) is 6.58. The number of hydrogen-bond donors (Lipinski definition) is 2. The van der Waals surface area contributed by atoms with Gasteiger partial charge in [-0.25, -0.2) is 0 Å². The maximum atomic E-state index is 12.3. The summed E-state index contributed by atoms with van der Waals surface area (Å²) in [6, 6.07) is 13.8. The number of hydrogen-bond acceptors (Lipinski definition) is 3. The lowest BCUT2D eigenvalue weighted by Gasteiger charge is -2.18. The van der Waals surface area contributed by atoms with E-state index in [2.05, 4.69) is 15.6 Å². The first-order valence-corrected chi connectivity index (χ1v) is 8.32. The van der Waals surface area contributed by atoms with Gasteiger partial charge in [0.2, 0.25) is 0 Å². The van der Waals surface area contributed by atoms with E-state index in [1.807, 2.05) is 36.4 Å². The summed E-state index contributed by atoms with van der Waals surface area (Å²) in [4.78, 5) is 16.6. The topological polar surface area (TPSA) is 54.0 Å². The van der Waals surface area contributed by atoms with Crippen LogP contribution in [0.25, 0.3) is 11.1 Å². The van der Waals surface area contributed by atoms with E-state index in [0.29, 0.717) is 17.2 Å². The standard InChI is InChI=1S/C19H21N3O/c23-18(21-13-16-8-11-22-19(16)9-10-19)17-7-6-15(12-20-17)14-4-2-1-3-5-14/h1-7,12,16,22H,8-11,13H2,(H,21,23). The summed E-state index contributed by atoms with van der Waals surface area (Å²) in [6.45, 7) is 1.82. The van der Waals surface area contributed by atoms with Gasteiger partial charge < -0.3 is 10.6 Å². The fourth-order valence-electron chi connectivity index (χ4n) is 3.57. The van der Waals surface area contributed by atoms with Crippen LogP contribution in [-0.4, -0.2) is 29.5 Å². The zero-order valence-electron chi connectivity index (χ0n) is 13.1. The van der Waals surface area contributed by atoms with E-state index in [1.165, 1.54) is 12.8 Å². The number of carbonyl (C=O) groups excluding carboxylic acids is 1. The molecule has 2 aliphatic rings. The first kappa shape index (κ1) is 14.4. The highest BCUT2D eigenvalue weighted by molar-refractivity contribution is 5.92. The smallest absolute Gasteiger partial charge is 0.269 e. The molecule has 1 amide bonds. The van der Waals surface area contributed by atoms with Crippen LogP contribution >= 0.6 is 0 Å². The molecule has 1 aliphatic carbocycles. The minimum Gasteiger partial charge on any atom is -0.350 e. The number of carbonyl (C=O) groups is 1. The van der Waals surface area contributed by atoms with Crippen LogP contribution in [0.4, 0.5) is 0 Å². The number of amides is 1. The minimum absolute atomic E-state index is 0.0766. The molecule has 1 aliphatic heterocycles. The highest BCUT2D eigenvalue weighted by Gasteiger charge is 2.51. The number of nitrogens with zero attached hydrogens (tertiary/aromatic N) is 1. The molecule has 2 heterocycles. The highest BCUT2D eigenvalue weighted by Crippen LogP contribution is 2.46. The third-order valence-corrected chi connectivity index (χ3v) is 5.15. The molecule has 1 atom stereocenters. The predicted molar refractivity (Wildman–Crippen MR) is 90.1 cm³/mol. The zero-order chi connectivity index (χ0) is 15.7. The summed E-state index contributed by atoms with van der Waals surface area (Å²) < 4.78 is 0. The minimum atomic E-state index is -0.0766. The molecule has 2 aromatic rings. The fraction of sp³-hybridized carbons (Fsp3) is 0.368. The molecule has 2 N–H and O–H groups in total. The van der Waals surface area contributed by atoms with Crippen LogP contribution in [0.3, 0.4) is 0 Å². The third-order valence-electron chi connectivity index (χ3n) is 5.15. The molecule has 4 nitrogen and oxygen atoms in total. The van der Waals surface area contributed by atoms with Crippen molar-refractivity contribution in [3.63, 3.8) is 0 Å². The Bertz CT molecular complexity index is 692. The molecule has 1 saturated heterocycles. The van der Waals surface area contributed by atoms with Crippen LogP contribution in [0.15, 0.2) is 48.7 Å². The molecule has 0 bridgehead atoms. The summed E-state index contributed by atoms with van der Waals surface area (Å²) in [5.74, 6) is 0.488. The molecule has 1 spiro atoms. The summed E-state index contributed by atoms with van der Waals surface area (Å²) in [5.41, 5.74) is 2.96. The molecule has 2 fully saturated rings. The number of aromatic nitrogens is 1. The molecule has 1 aromatic carbocycles. The van der Waals surface area contributed by atoms with Crippen LogP contribution in [0, 0.1) is 5.92 Å². The van der Waals surface area contributed by atoms with E-state index in [4.69, 9.17) is 0 Å². The molecular weight excluding hydrogens is 286 g/mol. The van der Waals surface area contributed by atoms with Crippen molar-refractivity contribution in [2.24, 2.45) is 5.92 Å². The Kier molecular flexibility index (Phi) is 3.62. The fourth-order valence-corrected chi connectivity index (χ4v) is 3.57. The summed E-state index contributed by atoms with van der Waals surface area (Å²) in [5, 5.41) is 6.63. The molecule has 1 saturated carbocycles. The second kappa shape index (κ2) is 5.78. The average molecular weight is 307 g/mol. The van der Waals surface area contributed by atoms with Gasteiger partial charge in [0.05, 0.1) is 0 Å². The highest BCUT2D eigenvalue weighted by atomic mass is 16.1. The number of rotatable bonds is 4. The molecule has 23 heavy (non-hydrogen) atoms. The summed E-state index contributed by atoms with van der Waals surface area (Å²) >= 11 is 0. The molecule has 118 valence electrons. The normalized spacial score (nSPS) is 21.3. The van der Waals surface area contributed by atoms with Crippen molar-refractivity contribution in [2.75, 3.05) is 13.1 Å². The maximum absolute atomic E-state index is 12.3. The number of nitrogens with one attached hydrogen (secondary N) is 2. The molecule has 4 heteroatoms. The lowest BCUT2D eigenvalue weighted by atomic mass is 9.98. The Labute approximate surface area is 136 Å². The van der Waals surface area contributed by atoms with Crippen LogP contribution in [0.5, 0.6) is 0 Å². The monoisotopic (exact) mass is 307 g/mol. The van der Waals surface area contributed by atoms with Crippen LogP contribution < -0.4 is 10.6 Å². The lowest BCUT2D eigenvalue weighted by molar-refractivity contribution is 0.0940. The van der Waals surface area contributed by atoms with Crippen molar-refractivity contribution in [3.05, 3.63) is 54.4 Å². The van der Waals surface area contributed by atoms with Gasteiger partial charge in [-0.2, -0.15) is 0 Å². The van der Waals surface area contributed by atoms with Crippen molar-refractivity contribution in [3.8, 4) is 11.1 Å². The van der Waals surface area contributed by atoms with Crippen molar-refractivity contribution < 1.29 is 4.79 Å². The van der Waals surface area contributed by atoms with E-state index in [0.717, 1.165) is 30.6 Å². The van der Waals surface area contributed by atoms with Crippen LogP contribution in [0.2, 0.25) is 0 Å². The van der Waals surface area contributed by atoms with E-state index in [9.17, 15) is 4.79 Å². The first-order valence-electron chi connectivity index (χ1n) is 8.32. The third kappa shape index (κ3) is 2.86. The SMILES string of the molecule is O=C(NCC1CCNC12CC2)c1ccc(-c2ccccc2)cn1. The maximum Gasteiger partial charge on any atom is 0.269 e. The van der Waals surface area contributed by atoms with E-state index < -0.39 is 0 Å². The molecule has 4 rings (SSSR count). The van der Waals surface area contributed by atoms with Gasteiger partial charge in [-0.15, -0.1) is 0 Å². The number of benzene rings is 1. The van der Waals surface area contributed by atoms with Crippen molar-refractivity contribution >= 4 is 5.91 Å². The lowest BCUT2D eigenvalue weighted by Crippen LogP contribution is -2.37. The Morgan fingerprint density at radius 2 is 2.00 bits per heavy atom. The van der Waals surface area contributed by atoms with Gasteiger partial charge in [0, 0.05) is 23.8 Å². The van der Waals surface area contributed by atoms with Crippen molar-refractivity contribution in [1.29, 1.82) is 0 Å². The van der Waals surface area contributed by atoms with Gasteiger partial charge in [0.25, 0.3) is 5.91 Å². The molecule has 1 unspecified atom stereocenters. The van der Waals surface area contributed by atoms with Gasteiger partial charge in [-0.3, -0.25) is 9.78 Å². The van der Waals surface area contributed by atoms with Crippen LogP contribution in [0.1, 0.15) is 29.8 Å². The molecule has 0 radical (unpaired) electrons. The van der Waals surface area contributed by atoms with E-state index in [-0.39, 0.29) is 5.91 Å². The Balaban J connectivity index is 1.39. The van der Waals surface area contributed by atoms with Crippen LogP contribution in [-0.2, 0) is 0 Å². The quantitative estimate of drug-likeness (QED) is 0.913.